The lowest BCUT2D eigenvalue weighted by Crippen LogP contribution is -2.53. The average Bonchev–Trinajstić information content (AvgIpc) is 3.54. The number of nitrogens with one attached hydrogen (secondary N) is 1. The van der Waals surface area contributed by atoms with E-state index in [1.807, 2.05) is 22.6 Å². The molecule has 1 saturated carbocycles. The SMILES string of the molecule is COc1cc(C2C3=CCn4c(=O)n(-c5ccccc5)c(=O)n4C3CC3C(=O)N(Nc4ncc(C(F)(F)F)cc4Cl)C(=O)C32c2ccc(Cl)cc2)cc(I)c1O. The molecule has 2 N–H and O–H groups in total. The molecule has 1 saturated heterocycles. The minimum Gasteiger partial charge on any atom is -0.504 e. The van der Waals surface area contributed by atoms with Crippen molar-refractivity contribution < 1.29 is 32.6 Å². The lowest BCUT2D eigenvalue weighted by atomic mass is 9.53. The molecular weight excluding hydrogens is 879 g/mol. The Kier molecular flexibility index (Phi) is 8.92. The van der Waals surface area contributed by atoms with E-state index in [0.29, 0.717) is 48.3 Å². The fourth-order valence-electron chi connectivity index (χ4n) is 8.13. The fourth-order valence-corrected chi connectivity index (χ4v) is 9.09. The number of nitrogens with zero attached hydrogens (tertiary/aromatic N) is 5. The summed E-state index contributed by atoms with van der Waals surface area (Å²) in [6.07, 6.45) is -2.64. The fraction of sp³-hybridized carbons (Fsp3) is 0.216. The standard InChI is InChI=1S/C37H26Cl2F3IN6O6/c1-55-28-14-18(13-26(43)30(28)50)29-23-11-12-46-34(53)47(22-5-3-2-4-6-22)35(54)49(46)27(23)16-24-32(51)48(33(52)36(24,29)19-7-9-21(38)10-8-19)45-31-25(39)15-20(17-44-31)37(40,41)42/h2-11,13-15,17,24,27,29,50H,12,16H2,1H3,(H,44,45). The number of imide groups is 1. The number of carbonyl (C=O) groups is 2. The maximum absolute atomic E-state index is 15.3. The van der Waals surface area contributed by atoms with Gasteiger partial charge in [0.25, 0.3) is 11.8 Å². The number of anilines is 1. The first-order valence-corrected chi connectivity index (χ1v) is 18.4. The number of amides is 2. The van der Waals surface area contributed by atoms with Crippen LogP contribution in [0.4, 0.5) is 19.0 Å². The highest BCUT2D eigenvalue weighted by atomic mass is 127. The van der Waals surface area contributed by atoms with Gasteiger partial charge in [-0.1, -0.05) is 59.6 Å². The number of hydrogen-bond donors (Lipinski definition) is 2. The molecule has 0 spiro atoms. The number of phenols is 1. The Labute approximate surface area is 332 Å². The lowest BCUT2D eigenvalue weighted by molar-refractivity contribution is -0.139. The Morgan fingerprint density at radius 1 is 1.00 bits per heavy atom. The second-order valence-corrected chi connectivity index (χ2v) is 15.2. The van der Waals surface area contributed by atoms with Crippen molar-refractivity contribution in [2.75, 3.05) is 12.5 Å². The summed E-state index contributed by atoms with van der Waals surface area (Å²) in [5.41, 5.74) is 0.0167. The van der Waals surface area contributed by atoms with E-state index in [0.717, 1.165) is 4.57 Å². The smallest absolute Gasteiger partial charge is 0.417 e. The van der Waals surface area contributed by atoms with Crippen molar-refractivity contribution in [2.24, 2.45) is 5.92 Å². The zero-order chi connectivity index (χ0) is 39.1. The maximum Gasteiger partial charge on any atom is 0.417 e. The van der Waals surface area contributed by atoms with Crippen molar-refractivity contribution in [3.8, 4) is 17.2 Å². The van der Waals surface area contributed by atoms with Gasteiger partial charge in [-0.2, -0.15) is 18.2 Å². The number of aromatic nitrogens is 4. The number of allylic oxidation sites excluding steroid dienone is 2. The normalized spacial score (nSPS) is 21.8. The lowest BCUT2D eigenvalue weighted by Gasteiger charge is -2.49. The van der Waals surface area contributed by atoms with Crippen LogP contribution in [0.2, 0.25) is 10.0 Å². The Morgan fingerprint density at radius 3 is 2.36 bits per heavy atom. The van der Waals surface area contributed by atoms with Gasteiger partial charge in [0.05, 0.1) is 50.9 Å². The van der Waals surface area contributed by atoms with E-state index >= 15 is 4.79 Å². The Morgan fingerprint density at radius 2 is 1.71 bits per heavy atom. The minimum atomic E-state index is -4.76. The third-order valence-corrected chi connectivity index (χ3v) is 11.8. The molecule has 3 aromatic carbocycles. The number of carbonyl (C=O) groups excluding carboxylic acids is 2. The van der Waals surface area contributed by atoms with Gasteiger partial charge in [-0.3, -0.25) is 15.0 Å². The van der Waals surface area contributed by atoms with E-state index in [1.165, 1.54) is 16.5 Å². The average molecular weight is 905 g/mol. The molecule has 4 unspecified atom stereocenters. The van der Waals surface area contributed by atoms with Crippen molar-refractivity contribution >= 4 is 63.4 Å². The van der Waals surface area contributed by atoms with Crippen LogP contribution in [0.25, 0.3) is 5.69 Å². The number of hydrogen-bond acceptors (Lipinski definition) is 8. The molecule has 18 heteroatoms. The number of pyridine rings is 1. The molecule has 3 aliphatic rings. The van der Waals surface area contributed by atoms with Crippen molar-refractivity contribution in [2.45, 2.75) is 36.5 Å². The number of ether oxygens (including phenoxy) is 1. The van der Waals surface area contributed by atoms with Crippen LogP contribution in [-0.4, -0.2) is 48.0 Å². The largest absolute Gasteiger partial charge is 0.504 e. The zero-order valence-corrected chi connectivity index (χ0v) is 31.9. The van der Waals surface area contributed by atoms with Crippen LogP contribution >= 0.6 is 45.8 Å². The van der Waals surface area contributed by atoms with Crippen molar-refractivity contribution in [3.63, 3.8) is 0 Å². The second kappa shape index (κ2) is 13.3. The van der Waals surface area contributed by atoms with Gasteiger partial charge in [0.15, 0.2) is 17.3 Å². The molecule has 2 amide bonds. The summed E-state index contributed by atoms with van der Waals surface area (Å²) >= 11 is 14.5. The maximum atomic E-state index is 15.3. The van der Waals surface area contributed by atoms with Crippen LogP contribution in [0.5, 0.6) is 11.5 Å². The van der Waals surface area contributed by atoms with Crippen LogP contribution in [0.1, 0.15) is 35.1 Å². The number of halogens is 6. The van der Waals surface area contributed by atoms with Crippen LogP contribution in [-0.2, 0) is 27.7 Å². The van der Waals surface area contributed by atoms with E-state index in [4.69, 9.17) is 27.9 Å². The molecule has 0 bridgehead atoms. The molecule has 4 heterocycles. The van der Waals surface area contributed by atoms with Gasteiger partial charge in [-0.05, 0) is 88.2 Å². The van der Waals surface area contributed by atoms with Gasteiger partial charge in [-0.15, -0.1) is 0 Å². The summed E-state index contributed by atoms with van der Waals surface area (Å²) in [7, 11) is 1.36. The van der Waals surface area contributed by atoms with Gasteiger partial charge >= 0.3 is 17.6 Å². The quantitative estimate of drug-likeness (QED) is 0.113. The minimum absolute atomic E-state index is 0.0695. The molecule has 0 radical (unpaired) electrons. The highest BCUT2D eigenvalue weighted by molar-refractivity contribution is 14.1. The summed E-state index contributed by atoms with van der Waals surface area (Å²) in [4.78, 5) is 62.2. The highest BCUT2D eigenvalue weighted by Crippen LogP contribution is 2.62. The third-order valence-electron chi connectivity index (χ3n) is 10.4. The number of aromatic hydroxyl groups is 1. The summed E-state index contributed by atoms with van der Waals surface area (Å²) < 4.78 is 49.9. The second-order valence-electron chi connectivity index (χ2n) is 13.2. The van der Waals surface area contributed by atoms with Gasteiger partial charge in [0, 0.05) is 17.1 Å². The van der Waals surface area contributed by atoms with E-state index < -0.39 is 63.2 Å². The van der Waals surface area contributed by atoms with Crippen molar-refractivity contribution in [1.29, 1.82) is 0 Å². The zero-order valence-electron chi connectivity index (χ0n) is 28.2. The van der Waals surface area contributed by atoms with Crippen molar-refractivity contribution in [1.82, 2.24) is 23.9 Å². The summed E-state index contributed by atoms with van der Waals surface area (Å²) in [6.45, 7) is -0.0703. The topological polar surface area (TPSA) is 141 Å². The Hall–Kier alpha value is -5.07. The van der Waals surface area contributed by atoms with E-state index in [-0.39, 0.29) is 30.3 Å². The molecule has 55 heavy (non-hydrogen) atoms. The molecule has 8 rings (SSSR count). The summed E-state index contributed by atoms with van der Waals surface area (Å²) in [5, 5.41) is 11.4. The molecule has 5 aromatic rings. The van der Waals surface area contributed by atoms with E-state index in [1.54, 1.807) is 72.8 Å². The van der Waals surface area contributed by atoms with Gasteiger partial charge < -0.3 is 9.84 Å². The Bertz CT molecular complexity index is 2580. The number of alkyl halides is 3. The molecule has 282 valence electrons. The third kappa shape index (κ3) is 5.58. The molecule has 2 aliphatic heterocycles. The highest BCUT2D eigenvalue weighted by Gasteiger charge is 2.69. The molecular formula is C37H26Cl2F3IN6O6. The van der Waals surface area contributed by atoms with Gasteiger partial charge in [-0.25, -0.2) is 28.5 Å². The number of hydrazine groups is 1. The summed E-state index contributed by atoms with van der Waals surface area (Å²) in [5.74, 6) is -4.40. The molecule has 1 aliphatic carbocycles. The van der Waals surface area contributed by atoms with Crippen LogP contribution in [0.15, 0.2) is 100 Å². The number of rotatable bonds is 6. The van der Waals surface area contributed by atoms with E-state index in [9.17, 15) is 32.7 Å². The molecule has 4 atom stereocenters. The monoisotopic (exact) mass is 904 g/mol. The predicted octanol–water partition coefficient (Wildman–Crippen LogP) is 6.46. The summed E-state index contributed by atoms with van der Waals surface area (Å²) in [6, 6.07) is 17.6. The number of phenolic OH excluding ortho intramolecular Hbond substituents is 1. The number of para-hydroxylation sites is 1. The first-order chi connectivity index (χ1) is 26.2. The van der Waals surface area contributed by atoms with Crippen LogP contribution < -0.4 is 21.5 Å². The van der Waals surface area contributed by atoms with Gasteiger partial charge in [0.1, 0.15) is 0 Å². The number of benzene rings is 3. The Balaban J connectivity index is 1.38. The van der Waals surface area contributed by atoms with Crippen LogP contribution in [0.3, 0.4) is 0 Å². The molecule has 12 nitrogen and oxygen atoms in total. The number of methoxy groups -OCH3 is 1. The first kappa shape index (κ1) is 36.9. The molecule has 2 fully saturated rings. The first-order valence-electron chi connectivity index (χ1n) is 16.6. The van der Waals surface area contributed by atoms with E-state index in [2.05, 4.69) is 10.4 Å². The van der Waals surface area contributed by atoms with Crippen molar-refractivity contribution in [3.05, 3.63) is 142 Å². The predicted molar refractivity (Wildman–Crippen MR) is 202 cm³/mol. The van der Waals surface area contributed by atoms with Gasteiger partial charge in [0.2, 0.25) is 0 Å². The number of fused-ring (bicyclic) bond motifs is 4. The molecule has 2 aromatic heterocycles. The van der Waals surface area contributed by atoms with Crippen LogP contribution in [0, 0.1) is 9.49 Å².